The summed E-state index contributed by atoms with van der Waals surface area (Å²) in [5.74, 6) is 0. The number of azide groups is 1. The van der Waals surface area contributed by atoms with Crippen molar-refractivity contribution in [2.45, 2.75) is 102 Å². The van der Waals surface area contributed by atoms with Crippen LogP contribution in [0.5, 0.6) is 0 Å². The third-order valence-corrected chi connectivity index (χ3v) is 4.28. The molecule has 23 heavy (non-hydrogen) atoms. The van der Waals surface area contributed by atoms with E-state index in [0.717, 1.165) is 19.3 Å². The second-order valence-corrected chi connectivity index (χ2v) is 6.34. The lowest BCUT2D eigenvalue weighted by Gasteiger charge is -2.21. The molecule has 0 aromatic rings. The summed E-state index contributed by atoms with van der Waals surface area (Å²) in [7, 11) is 0. The molecular formula is C17H35N3O3. The SMILES string of the molecule is CCCCCCCCCCCCC[C@@H](O)[C@@H](O)[C@H](CO)N=[N+]=[N-]. The average Bonchev–Trinajstić information content (AvgIpc) is 2.56. The minimum absolute atomic E-state index is 0.458. The van der Waals surface area contributed by atoms with Gasteiger partial charge in [0.2, 0.25) is 0 Å². The van der Waals surface area contributed by atoms with Gasteiger partial charge in [-0.15, -0.1) is 0 Å². The third kappa shape index (κ3) is 12.3. The highest BCUT2D eigenvalue weighted by Crippen LogP contribution is 2.15. The molecule has 0 aromatic carbocycles. The van der Waals surface area contributed by atoms with Crippen LogP contribution in [-0.2, 0) is 0 Å². The highest BCUT2D eigenvalue weighted by molar-refractivity contribution is 4.81. The van der Waals surface area contributed by atoms with Crippen molar-refractivity contribution >= 4 is 0 Å². The van der Waals surface area contributed by atoms with E-state index in [1.165, 1.54) is 51.4 Å². The summed E-state index contributed by atoms with van der Waals surface area (Å²) < 4.78 is 0. The van der Waals surface area contributed by atoms with Gasteiger partial charge in [-0.2, -0.15) is 0 Å². The van der Waals surface area contributed by atoms with Crippen LogP contribution in [0.1, 0.15) is 84.0 Å². The number of rotatable bonds is 16. The summed E-state index contributed by atoms with van der Waals surface area (Å²) in [6.07, 6.45) is 11.9. The first-order valence-corrected chi connectivity index (χ1v) is 9.18. The Balaban J connectivity index is 3.51. The van der Waals surface area contributed by atoms with Crippen molar-refractivity contribution < 1.29 is 15.3 Å². The molecule has 0 heterocycles. The normalized spacial score (nSPS) is 15.0. The largest absolute Gasteiger partial charge is 0.396 e. The van der Waals surface area contributed by atoms with Crippen LogP contribution in [-0.4, -0.2) is 40.2 Å². The van der Waals surface area contributed by atoms with E-state index in [1.54, 1.807) is 0 Å². The highest BCUT2D eigenvalue weighted by Gasteiger charge is 2.24. The predicted octanol–water partition coefficient (Wildman–Crippen LogP) is 4.08. The van der Waals surface area contributed by atoms with E-state index >= 15 is 0 Å². The molecule has 3 atom stereocenters. The van der Waals surface area contributed by atoms with Gasteiger partial charge in [-0.3, -0.25) is 0 Å². The standard InChI is InChI=1S/C17H35N3O3/c1-2-3-4-5-6-7-8-9-10-11-12-13-16(22)17(23)15(14-21)19-20-18/h15-17,21-23H,2-14H2,1H3/t15-,16+,17-/m0/s1. The van der Waals surface area contributed by atoms with Gasteiger partial charge in [-0.05, 0) is 12.0 Å². The molecule has 136 valence electrons. The van der Waals surface area contributed by atoms with Crippen molar-refractivity contribution in [3.05, 3.63) is 10.4 Å². The zero-order valence-electron chi connectivity index (χ0n) is 14.6. The lowest BCUT2D eigenvalue weighted by molar-refractivity contribution is -0.0120. The molecule has 0 aliphatic heterocycles. The molecule has 0 unspecified atom stereocenters. The molecule has 0 fully saturated rings. The molecule has 6 nitrogen and oxygen atoms in total. The maximum absolute atomic E-state index is 9.84. The Kier molecular flexibility index (Phi) is 15.5. The van der Waals surface area contributed by atoms with Crippen LogP contribution in [0.4, 0.5) is 0 Å². The Bertz CT molecular complexity index is 309. The molecule has 3 N–H and O–H groups in total. The van der Waals surface area contributed by atoms with Gasteiger partial charge in [0.1, 0.15) is 0 Å². The molecule has 0 radical (unpaired) electrons. The molecule has 0 rings (SSSR count). The first kappa shape index (κ1) is 22.2. The van der Waals surface area contributed by atoms with Crippen LogP contribution in [0.15, 0.2) is 5.11 Å². The molecule has 0 aromatic heterocycles. The monoisotopic (exact) mass is 329 g/mol. The Hall–Kier alpha value is -0.810. The maximum Gasteiger partial charge on any atom is 0.0905 e. The number of aliphatic hydroxyl groups is 3. The molecule has 0 bridgehead atoms. The summed E-state index contributed by atoms with van der Waals surface area (Å²) in [6.45, 7) is 1.77. The van der Waals surface area contributed by atoms with E-state index < -0.39 is 24.9 Å². The maximum atomic E-state index is 9.84. The first-order chi connectivity index (χ1) is 11.2. The minimum Gasteiger partial charge on any atom is -0.396 e. The molecule has 0 aliphatic carbocycles. The van der Waals surface area contributed by atoms with Gasteiger partial charge < -0.3 is 15.3 Å². The molecule has 0 saturated heterocycles. The van der Waals surface area contributed by atoms with E-state index in [1.807, 2.05) is 0 Å². The number of aliphatic hydroxyl groups excluding tert-OH is 3. The van der Waals surface area contributed by atoms with E-state index in [4.69, 9.17) is 10.6 Å². The fourth-order valence-corrected chi connectivity index (χ4v) is 2.72. The van der Waals surface area contributed by atoms with Crippen molar-refractivity contribution in [2.75, 3.05) is 6.61 Å². The smallest absolute Gasteiger partial charge is 0.0905 e. The topological polar surface area (TPSA) is 109 Å². The van der Waals surface area contributed by atoms with Crippen LogP contribution in [0, 0.1) is 0 Å². The Morgan fingerprint density at radius 3 is 1.78 bits per heavy atom. The van der Waals surface area contributed by atoms with Gasteiger partial charge in [-0.1, -0.05) is 82.7 Å². The summed E-state index contributed by atoms with van der Waals surface area (Å²) in [6, 6.07) is -0.970. The van der Waals surface area contributed by atoms with Crippen molar-refractivity contribution in [3.8, 4) is 0 Å². The minimum atomic E-state index is -1.20. The number of nitrogens with zero attached hydrogens (tertiary/aromatic N) is 3. The third-order valence-electron chi connectivity index (χ3n) is 4.28. The van der Waals surface area contributed by atoms with Crippen LogP contribution in [0.25, 0.3) is 10.4 Å². The number of hydrogen-bond acceptors (Lipinski definition) is 4. The highest BCUT2D eigenvalue weighted by atomic mass is 16.3. The Labute approximate surface area is 140 Å². The van der Waals surface area contributed by atoms with Gasteiger partial charge >= 0.3 is 0 Å². The van der Waals surface area contributed by atoms with E-state index in [2.05, 4.69) is 16.9 Å². The van der Waals surface area contributed by atoms with Gasteiger partial charge in [-0.25, -0.2) is 0 Å². The van der Waals surface area contributed by atoms with Crippen LogP contribution in [0.3, 0.4) is 0 Å². The Morgan fingerprint density at radius 1 is 0.870 bits per heavy atom. The molecule has 0 saturated carbocycles. The molecule has 0 spiro atoms. The predicted molar refractivity (Wildman–Crippen MR) is 93.1 cm³/mol. The van der Waals surface area contributed by atoms with Gasteiger partial charge in [0.05, 0.1) is 24.9 Å². The molecule has 0 amide bonds. The second kappa shape index (κ2) is 16.1. The zero-order chi connectivity index (χ0) is 17.3. The fraction of sp³-hybridized carbons (Fsp3) is 1.00. The van der Waals surface area contributed by atoms with Gasteiger partial charge in [0.25, 0.3) is 0 Å². The lowest BCUT2D eigenvalue weighted by atomic mass is 10.00. The van der Waals surface area contributed by atoms with Crippen molar-refractivity contribution in [3.63, 3.8) is 0 Å². The van der Waals surface area contributed by atoms with Crippen LogP contribution in [0.2, 0.25) is 0 Å². The summed E-state index contributed by atoms with van der Waals surface area (Å²) in [5, 5.41) is 31.9. The van der Waals surface area contributed by atoms with Gasteiger partial charge in [0, 0.05) is 4.91 Å². The average molecular weight is 329 g/mol. The van der Waals surface area contributed by atoms with Crippen molar-refractivity contribution in [1.29, 1.82) is 0 Å². The first-order valence-electron chi connectivity index (χ1n) is 9.18. The van der Waals surface area contributed by atoms with Crippen LogP contribution >= 0.6 is 0 Å². The zero-order valence-corrected chi connectivity index (χ0v) is 14.6. The molecule has 0 aliphatic rings. The van der Waals surface area contributed by atoms with Gasteiger partial charge in [0.15, 0.2) is 0 Å². The quantitative estimate of drug-likeness (QED) is 0.172. The van der Waals surface area contributed by atoms with Crippen molar-refractivity contribution in [1.82, 2.24) is 0 Å². The fourth-order valence-electron chi connectivity index (χ4n) is 2.72. The summed E-state index contributed by atoms with van der Waals surface area (Å²) >= 11 is 0. The Morgan fingerprint density at radius 2 is 1.35 bits per heavy atom. The van der Waals surface area contributed by atoms with Crippen molar-refractivity contribution in [2.24, 2.45) is 5.11 Å². The lowest BCUT2D eigenvalue weighted by Crippen LogP contribution is -2.38. The second-order valence-electron chi connectivity index (χ2n) is 6.34. The number of hydrogen-bond donors (Lipinski definition) is 3. The number of unbranched alkanes of at least 4 members (excludes halogenated alkanes) is 10. The van der Waals surface area contributed by atoms with E-state index in [0.29, 0.717) is 6.42 Å². The summed E-state index contributed by atoms with van der Waals surface area (Å²) in [5.41, 5.74) is 8.33. The van der Waals surface area contributed by atoms with Crippen LogP contribution < -0.4 is 0 Å². The van der Waals surface area contributed by atoms with E-state index in [9.17, 15) is 10.2 Å². The summed E-state index contributed by atoms with van der Waals surface area (Å²) in [4.78, 5) is 2.57. The molecular weight excluding hydrogens is 294 g/mol. The molecule has 6 heteroatoms. The van der Waals surface area contributed by atoms with E-state index in [-0.39, 0.29) is 0 Å².